The second-order valence-electron chi connectivity index (χ2n) is 5.30. The van der Waals surface area contributed by atoms with E-state index in [0.717, 1.165) is 28.1 Å². The van der Waals surface area contributed by atoms with Crippen LogP contribution in [0.4, 0.5) is 5.82 Å². The summed E-state index contributed by atoms with van der Waals surface area (Å²) in [5.74, 6) is 2.50. The van der Waals surface area contributed by atoms with E-state index in [-0.39, 0.29) is 18.5 Å². The molecule has 2 heterocycles. The lowest BCUT2D eigenvalue weighted by Crippen LogP contribution is -2.32. The minimum Gasteiger partial charge on any atom is -0.454 e. The zero-order chi connectivity index (χ0) is 15.0. The van der Waals surface area contributed by atoms with Crippen LogP contribution in [0.2, 0.25) is 0 Å². The highest BCUT2D eigenvalue weighted by molar-refractivity contribution is 5.95. The first-order valence-electron chi connectivity index (χ1n) is 6.79. The molecule has 0 radical (unpaired) electrons. The number of rotatable bonds is 4. The molecule has 0 saturated carbocycles. The van der Waals surface area contributed by atoms with Gasteiger partial charge in [0, 0.05) is 31.1 Å². The third kappa shape index (κ3) is 2.44. The minimum absolute atomic E-state index is 0.0268. The largest absolute Gasteiger partial charge is 0.454 e. The van der Waals surface area contributed by atoms with Crippen molar-refractivity contribution < 1.29 is 9.47 Å². The van der Waals surface area contributed by atoms with Crippen LogP contribution < -0.4 is 20.1 Å². The molecule has 0 amide bonds. The van der Waals surface area contributed by atoms with Crippen molar-refractivity contribution in [3.8, 4) is 11.5 Å². The van der Waals surface area contributed by atoms with Gasteiger partial charge in [-0.25, -0.2) is 4.98 Å². The number of amidine groups is 1. The Hall–Kier alpha value is -2.50. The predicted octanol–water partition coefficient (Wildman–Crippen LogP) is 1.97. The highest BCUT2D eigenvalue weighted by atomic mass is 16.7. The Labute approximate surface area is 123 Å². The van der Waals surface area contributed by atoms with Crippen LogP contribution in [0.3, 0.4) is 0 Å². The molecule has 0 spiro atoms. The summed E-state index contributed by atoms with van der Waals surface area (Å²) in [6.45, 7) is 2.82. The maximum absolute atomic E-state index is 7.51. The van der Waals surface area contributed by atoms with Gasteiger partial charge in [0.2, 0.25) is 6.79 Å². The average Bonchev–Trinajstić information content (AvgIpc) is 2.91. The summed E-state index contributed by atoms with van der Waals surface area (Å²) in [6, 6.07) is 5.86. The number of nitrogens with one attached hydrogen (secondary N) is 1. The van der Waals surface area contributed by atoms with E-state index in [1.807, 2.05) is 37.1 Å². The Morgan fingerprint density at radius 1 is 1.43 bits per heavy atom. The first-order valence-corrected chi connectivity index (χ1v) is 6.79. The van der Waals surface area contributed by atoms with E-state index in [2.05, 4.69) is 4.98 Å². The van der Waals surface area contributed by atoms with Crippen LogP contribution in [0, 0.1) is 11.3 Å². The number of aromatic nitrogens is 1. The van der Waals surface area contributed by atoms with E-state index < -0.39 is 0 Å². The number of nitrogens with zero attached hydrogens (tertiary/aromatic N) is 2. The van der Waals surface area contributed by atoms with E-state index in [1.165, 1.54) is 0 Å². The molecule has 0 bridgehead atoms. The van der Waals surface area contributed by atoms with Crippen LogP contribution in [0.15, 0.2) is 24.4 Å². The summed E-state index contributed by atoms with van der Waals surface area (Å²) < 4.78 is 10.8. The summed E-state index contributed by atoms with van der Waals surface area (Å²) in [5, 5.41) is 9.56. The monoisotopic (exact) mass is 286 g/mol. The number of anilines is 1. The van der Waals surface area contributed by atoms with Crippen LogP contribution >= 0.6 is 0 Å². The van der Waals surface area contributed by atoms with Gasteiger partial charge in [-0.3, -0.25) is 5.41 Å². The molecule has 1 aliphatic heterocycles. The molecule has 21 heavy (non-hydrogen) atoms. The molecule has 1 atom stereocenters. The molecule has 3 rings (SSSR count). The van der Waals surface area contributed by atoms with Crippen LogP contribution in [-0.4, -0.2) is 31.2 Å². The number of fused-ring (bicyclic) bond motifs is 2. The SMILES string of the molecule is CC(CN(C)c1nccc2cc3c(cc12)OCO3)C(=N)N. The highest BCUT2D eigenvalue weighted by Gasteiger charge is 2.18. The lowest BCUT2D eigenvalue weighted by molar-refractivity contribution is 0.174. The lowest BCUT2D eigenvalue weighted by atomic mass is 10.1. The molecule has 3 N–H and O–H groups in total. The average molecular weight is 286 g/mol. The summed E-state index contributed by atoms with van der Waals surface area (Å²) >= 11 is 0. The Balaban J connectivity index is 2.00. The van der Waals surface area contributed by atoms with Gasteiger partial charge in [-0.2, -0.15) is 0 Å². The second-order valence-corrected chi connectivity index (χ2v) is 5.30. The maximum atomic E-state index is 7.51. The Kier molecular flexibility index (Phi) is 3.29. The topological polar surface area (TPSA) is 84.5 Å². The molecule has 110 valence electrons. The zero-order valence-corrected chi connectivity index (χ0v) is 12.1. The fraction of sp³-hybridized carbons (Fsp3) is 0.333. The van der Waals surface area contributed by atoms with Gasteiger partial charge in [-0.1, -0.05) is 6.92 Å². The maximum Gasteiger partial charge on any atom is 0.231 e. The molecule has 1 aromatic heterocycles. The van der Waals surface area contributed by atoms with Crippen molar-refractivity contribution in [3.63, 3.8) is 0 Å². The fourth-order valence-electron chi connectivity index (χ4n) is 2.45. The van der Waals surface area contributed by atoms with Crippen molar-refractivity contribution in [1.29, 1.82) is 5.41 Å². The van der Waals surface area contributed by atoms with Crippen LogP contribution in [0.1, 0.15) is 6.92 Å². The molecule has 2 aromatic rings. The van der Waals surface area contributed by atoms with Crippen molar-refractivity contribution >= 4 is 22.4 Å². The number of ether oxygens (including phenoxy) is 2. The molecule has 0 fully saturated rings. The number of benzene rings is 1. The van der Waals surface area contributed by atoms with Gasteiger partial charge < -0.3 is 20.1 Å². The molecule has 0 aliphatic carbocycles. The molecule has 6 heteroatoms. The molecule has 1 aromatic carbocycles. The van der Waals surface area contributed by atoms with Crippen LogP contribution in [-0.2, 0) is 0 Å². The minimum atomic E-state index is -0.0268. The number of hydrogen-bond acceptors (Lipinski definition) is 5. The Morgan fingerprint density at radius 2 is 2.14 bits per heavy atom. The predicted molar refractivity (Wildman–Crippen MR) is 82.2 cm³/mol. The first-order chi connectivity index (χ1) is 10.1. The summed E-state index contributed by atoms with van der Waals surface area (Å²) in [5.41, 5.74) is 5.55. The van der Waals surface area contributed by atoms with Gasteiger partial charge in [-0.15, -0.1) is 0 Å². The summed E-state index contributed by atoms with van der Waals surface area (Å²) in [4.78, 5) is 6.47. The smallest absolute Gasteiger partial charge is 0.231 e. The third-order valence-electron chi connectivity index (χ3n) is 3.68. The highest BCUT2D eigenvalue weighted by Crippen LogP contribution is 2.38. The van der Waals surface area contributed by atoms with Gasteiger partial charge in [-0.05, 0) is 23.6 Å². The van der Waals surface area contributed by atoms with Gasteiger partial charge in [0.25, 0.3) is 0 Å². The first kappa shape index (κ1) is 13.5. The second kappa shape index (κ2) is 5.12. The summed E-state index contributed by atoms with van der Waals surface area (Å²) in [7, 11) is 1.95. The lowest BCUT2D eigenvalue weighted by Gasteiger charge is -2.23. The van der Waals surface area contributed by atoms with Crippen molar-refractivity contribution in [2.45, 2.75) is 6.92 Å². The summed E-state index contributed by atoms with van der Waals surface area (Å²) in [6.07, 6.45) is 1.77. The molecular weight excluding hydrogens is 268 g/mol. The van der Waals surface area contributed by atoms with Gasteiger partial charge in [0.1, 0.15) is 5.82 Å². The number of hydrogen-bond donors (Lipinski definition) is 2. The molecule has 6 nitrogen and oxygen atoms in total. The van der Waals surface area contributed by atoms with Crippen molar-refractivity contribution in [1.82, 2.24) is 4.98 Å². The zero-order valence-electron chi connectivity index (χ0n) is 12.1. The van der Waals surface area contributed by atoms with Gasteiger partial charge in [0.15, 0.2) is 11.5 Å². The third-order valence-corrected chi connectivity index (χ3v) is 3.68. The normalized spacial score (nSPS) is 14.2. The van der Waals surface area contributed by atoms with Crippen molar-refractivity contribution in [2.75, 3.05) is 25.3 Å². The van der Waals surface area contributed by atoms with E-state index >= 15 is 0 Å². The molecule has 1 aliphatic rings. The van der Waals surface area contributed by atoms with E-state index in [4.69, 9.17) is 20.6 Å². The molecule has 1 unspecified atom stereocenters. The Morgan fingerprint density at radius 3 is 2.86 bits per heavy atom. The van der Waals surface area contributed by atoms with Gasteiger partial charge >= 0.3 is 0 Å². The van der Waals surface area contributed by atoms with E-state index in [1.54, 1.807) is 6.20 Å². The van der Waals surface area contributed by atoms with E-state index in [9.17, 15) is 0 Å². The fourth-order valence-corrected chi connectivity index (χ4v) is 2.45. The van der Waals surface area contributed by atoms with Crippen molar-refractivity contribution in [2.24, 2.45) is 11.7 Å². The Bertz CT molecular complexity index is 701. The number of nitrogens with two attached hydrogens (primary N) is 1. The van der Waals surface area contributed by atoms with E-state index in [0.29, 0.717) is 6.54 Å². The standard InChI is InChI=1S/C15H18N4O2/c1-9(14(16)17)7-19(2)15-11-6-13-12(20-8-21-13)5-10(11)3-4-18-15/h3-6,9H,7-8H2,1-2H3,(H3,16,17). The quantitative estimate of drug-likeness (QED) is 0.663. The van der Waals surface area contributed by atoms with Crippen molar-refractivity contribution in [3.05, 3.63) is 24.4 Å². The van der Waals surface area contributed by atoms with Gasteiger partial charge in [0.05, 0.1) is 5.84 Å². The number of pyridine rings is 1. The van der Waals surface area contributed by atoms with Crippen LogP contribution in [0.5, 0.6) is 11.5 Å². The molecular formula is C15H18N4O2. The van der Waals surface area contributed by atoms with Crippen LogP contribution in [0.25, 0.3) is 10.8 Å². The molecule has 0 saturated heterocycles.